The number of rotatable bonds is 8. The zero-order valence-corrected chi connectivity index (χ0v) is 8.81. The van der Waals surface area contributed by atoms with Crippen molar-refractivity contribution in [2.24, 2.45) is 11.7 Å². The minimum absolute atomic E-state index is 0.866. The van der Waals surface area contributed by atoms with Gasteiger partial charge in [-0.15, -0.1) is 0 Å². The molecule has 1 heteroatoms. The van der Waals surface area contributed by atoms with Crippen LogP contribution in [-0.4, -0.2) is 6.54 Å². The molecule has 12 heavy (non-hydrogen) atoms. The van der Waals surface area contributed by atoms with Crippen LogP contribution in [-0.2, 0) is 0 Å². The van der Waals surface area contributed by atoms with Crippen molar-refractivity contribution in [2.75, 3.05) is 6.54 Å². The zero-order chi connectivity index (χ0) is 9.23. The fraction of sp³-hybridized carbons (Fsp3) is 1.00. The van der Waals surface area contributed by atoms with Gasteiger partial charge in [0.2, 0.25) is 0 Å². The second-order valence-electron chi connectivity index (χ2n) is 3.86. The molecule has 0 radical (unpaired) electrons. The first-order valence-electron chi connectivity index (χ1n) is 5.51. The molecule has 0 aliphatic heterocycles. The number of hydrogen-bond donors (Lipinski definition) is 1. The fourth-order valence-corrected chi connectivity index (χ4v) is 1.37. The zero-order valence-electron chi connectivity index (χ0n) is 8.81. The average molecular weight is 171 g/mol. The molecule has 0 aromatic rings. The molecule has 0 rings (SSSR count). The summed E-state index contributed by atoms with van der Waals surface area (Å²) in [6.07, 6.45) is 9.50. The van der Waals surface area contributed by atoms with Gasteiger partial charge < -0.3 is 5.73 Å². The van der Waals surface area contributed by atoms with Gasteiger partial charge in [-0.1, -0.05) is 52.4 Å². The van der Waals surface area contributed by atoms with Crippen molar-refractivity contribution in [1.29, 1.82) is 0 Å². The van der Waals surface area contributed by atoms with E-state index >= 15 is 0 Å². The fourth-order valence-electron chi connectivity index (χ4n) is 1.37. The van der Waals surface area contributed by atoms with Crippen molar-refractivity contribution in [2.45, 2.75) is 58.8 Å². The van der Waals surface area contributed by atoms with Crippen molar-refractivity contribution in [1.82, 2.24) is 0 Å². The Morgan fingerprint density at radius 1 is 1.00 bits per heavy atom. The molecule has 0 fully saturated rings. The van der Waals surface area contributed by atoms with E-state index in [0.717, 1.165) is 12.5 Å². The molecule has 0 saturated carbocycles. The molecule has 0 aliphatic rings. The Morgan fingerprint density at radius 2 is 1.58 bits per heavy atom. The highest BCUT2D eigenvalue weighted by atomic mass is 14.5. The van der Waals surface area contributed by atoms with Gasteiger partial charge in [0.1, 0.15) is 0 Å². The van der Waals surface area contributed by atoms with Gasteiger partial charge in [-0.05, 0) is 18.9 Å². The van der Waals surface area contributed by atoms with Crippen molar-refractivity contribution in [3.8, 4) is 0 Å². The lowest BCUT2D eigenvalue weighted by atomic mass is 10.0. The van der Waals surface area contributed by atoms with E-state index in [1.54, 1.807) is 0 Å². The van der Waals surface area contributed by atoms with E-state index in [-0.39, 0.29) is 0 Å². The largest absolute Gasteiger partial charge is 0.330 e. The summed E-state index contributed by atoms with van der Waals surface area (Å²) in [5.41, 5.74) is 5.41. The summed E-state index contributed by atoms with van der Waals surface area (Å²) >= 11 is 0. The van der Waals surface area contributed by atoms with Crippen molar-refractivity contribution in [3.63, 3.8) is 0 Å². The van der Waals surface area contributed by atoms with Gasteiger partial charge in [0.15, 0.2) is 0 Å². The van der Waals surface area contributed by atoms with E-state index in [2.05, 4.69) is 13.8 Å². The Kier molecular flexibility index (Phi) is 9.02. The molecule has 1 atom stereocenters. The smallest absolute Gasteiger partial charge is 0.00773 e. The monoisotopic (exact) mass is 171 g/mol. The third-order valence-electron chi connectivity index (χ3n) is 2.60. The van der Waals surface area contributed by atoms with Crippen LogP contribution in [0.4, 0.5) is 0 Å². The lowest BCUT2D eigenvalue weighted by Gasteiger charge is -2.06. The summed E-state index contributed by atoms with van der Waals surface area (Å²) in [6.45, 7) is 5.49. The molecule has 74 valence electrons. The summed E-state index contributed by atoms with van der Waals surface area (Å²) < 4.78 is 0. The lowest BCUT2D eigenvalue weighted by molar-refractivity contribution is 0.473. The molecule has 0 aromatic heterocycles. The topological polar surface area (TPSA) is 26.0 Å². The highest BCUT2D eigenvalue weighted by molar-refractivity contribution is 4.51. The maximum atomic E-state index is 5.41. The van der Waals surface area contributed by atoms with E-state index in [9.17, 15) is 0 Å². The number of unbranched alkanes of at least 4 members (excludes halogenated alkanes) is 4. The van der Waals surface area contributed by atoms with Gasteiger partial charge in [0.25, 0.3) is 0 Å². The molecule has 0 aliphatic carbocycles. The number of hydrogen-bond acceptors (Lipinski definition) is 1. The van der Waals surface area contributed by atoms with E-state index in [1.165, 1.54) is 44.9 Å². The van der Waals surface area contributed by atoms with Crippen LogP contribution < -0.4 is 5.73 Å². The van der Waals surface area contributed by atoms with E-state index in [4.69, 9.17) is 5.73 Å². The molecule has 0 amide bonds. The second kappa shape index (κ2) is 9.05. The highest BCUT2D eigenvalue weighted by Gasteiger charge is 1.97. The predicted octanol–water partition coefficient (Wildman–Crippen LogP) is 3.33. The first-order valence-corrected chi connectivity index (χ1v) is 5.51. The maximum Gasteiger partial charge on any atom is -0.00773 e. The van der Waals surface area contributed by atoms with E-state index < -0.39 is 0 Å². The summed E-state index contributed by atoms with van der Waals surface area (Å²) in [5, 5.41) is 0. The first-order chi connectivity index (χ1) is 5.81. The summed E-state index contributed by atoms with van der Waals surface area (Å²) in [6, 6.07) is 0. The van der Waals surface area contributed by atoms with Gasteiger partial charge >= 0.3 is 0 Å². The van der Waals surface area contributed by atoms with Crippen LogP contribution in [0.5, 0.6) is 0 Å². The van der Waals surface area contributed by atoms with Gasteiger partial charge in [0, 0.05) is 0 Å². The van der Waals surface area contributed by atoms with Gasteiger partial charge in [-0.25, -0.2) is 0 Å². The molecule has 0 aromatic carbocycles. The maximum absolute atomic E-state index is 5.41. The Hall–Kier alpha value is -0.0400. The van der Waals surface area contributed by atoms with Gasteiger partial charge in [0.05, 0.1) is 0 Å². The third kappa shape index (κ3) is 8.06. The summed E-state index contributed by atoms with van der Waals surface area (Å²) in [5.74, 6) is 0.930. The molecule has 0 saturated heterocycles. The van der Waals surface area contributed by atoms with Crippen LogP contribution in [0.1, 0.15) is 58.8 Å². The summed E-state index contributed by atoms with van der Waals surface area (Å²) in [7, 11) is 0. The molecular formula is C11H25N. The Bertz CT molecular complexity index is 81.1. The van der Waals surface area contributed by atoms with E-state index in [0.29, 0.717) is 0 Å². The number of nitrogens with two attached hydrogens (primary N) is 1. The van der Waals surface area contributed by atoms with Crippen LogP contribution >= 0.6 is 0 Å². The molecular weight excluding hydrogens is 146 g/mol. The SMILES string of the molecule is CCC(C)CCCCCCCN. The minimum Gasteiger partial charge on any atom is -0.330 e. The van der Waals surface area contributed by atoms with Crippen molar-refractivity contribution in [3.05, 3.63) is 0 Å². The van der Waals surface area contributed by atoms with Gasteiger partial charge in [-0.3, -0.25) is 0 Å². The minimum atomic E-state index is 0.866. The molecule has 0 heterocycles. The Morgan fingerprint density at radius 3 is 2.17 bits per heavy atom. The molecule has 2 N–H and O–H groups in total. The van der Waals surface area contributed by atoms with Crippen molar-refractivity contribution < 1.29 is 0 Å². The molecule has 1 unspecified atom stereocenters. The first kappa shape index (κ1) is 12.0. The van der Waals surface area contributed by atoms with Gasteiger partial charge in [-0.2, -0.15) is 0 Å². The molecule has 0 spiro atoms. The van der Waals surface area contributed by atoms with Crippen LogP contribution in [0.25, 0.3) is 0 Å². The van der Waals surface area contributed by atoms with Crippen LogP contribution in [0.3, 0.4) is 0 Å². The van der Waals surface area contributed by atoms with Crippen LogP contribution in [0, 0.1) is 5.92 Å². The summed E-state index contributed by atoms with van der Waals surface area (Å²) in [4.78, 5) is 0. The lowest BCUT2D eigenvalue weighted by Crippen LogP contribution is -1.97. The molecule has 1 nitrogen and oxygen atoms in total. The Balaban J connectivity index is 2.90. The van der Waals surface area contributed by atoms with Crippen molar-refractivity contribution >= 4 is 0 Å². The Labute approximate surface area is 77.7 Å². The average Bonchev–Trinajstić information content (AvgIpc) is 2.10. The van der Waals surface area contributed by atoms with Crippen LogP contribution in [0.15, 0.2) is 0 Å². The highest BCUT2D eigenvalue weighted by Crippen LogP contribution is 2.13. The predicted molar refractivity (Wildman–Crippen MR) is 56.2 cm³/mol. The second-order valence-corrected chi connectivity index (χ2v) is 3.86. The third-order valence-corrected chi connectivity index (χ3v) is 2.60. The standard InChI is InChI=1S/C11H25N/c1-3-11(2)9-7-5-4-6-8-10-12/h11H,3-10,12H2,1-2H3. The van der Waals surface area contributed by atoms with E-state index in [1.807, 2.05) is 0 Å². The molecule has 0 bridgehead atoms. The quantitative estimate of drug-likeness (QED) is 0.557. The normalized spacial score (nSPS) is 13.2. The van der Waals surface area contributed by atoms with Crippen LogP contribution in [0.2, 0.25) is 0 Å².